The fraction of sp³-hybridized carbons (Fsp3) is 0.130. The summed E-state index contributed by atoms with van der Waals surface area (Å²) >= 11 is 0. The van der Waals surface area contributed by atoms with Crippen LogP contribution in [0.1, 0.15) is 13.8 Å². The van der Waals surface area contributed by atoms with Gasteiger partial charge in [-0.05, 0) is 35.0 Å². The highest BCUT2D eigenvalue weighted by Gasteiger charge is 2.45. The van der Waals surface area contributed by atoms with Gasteiger partial charge in [0.15, 0.2) is 0 Å². The molecule has 1 nitrogen and oxygen atoms in total. The molecule has 0 fully saturated rings. The maximum Gasteiger partial charge on any atom is 0.222 e. The summed E-state index contributed by atoms with van der Waals surface area (Å²) in [6, 6.07) is 32.5. The summed E-state index contributed by atoms with van der Waals surface area (Å²) in [6.07, 6.45) is 0. The number of allylic oxidation sites excluding steroid dienone is 1. The van der Waals surface area contributed by atoms with Crippen LogP contribution in [0.15, 0.2) is 102 Å². The second kappa shape index (κ2) is 7.54. The van der Waals surface area contributed by atoms with Gasteiger partial charge in [0.1, 0.15) is 0 Å². The van der Waals surface area contributed by atoms with Crippen LogP contribution in [0.25, 0.3) is 0 Å². The highest BCUT2D eigenvalue weighted by Crippen LogP contribution is 2.21. The van der Waals surface area contributed by atoms with Crippen LogP contribution in [0.2, 0.25) is 0 Å². The van der Waals surface area contributed by atoms with Gasteiger partial charge in [0, 0.05) is 0 Å². The van der Waals surface area contributed by atoms with Gasteiger partial charge in [0.25, 0.3) is 0 Å². The van der Waals surface area contributed by atoms with Crippen molar-refractivity contribution in [2.75, 3.05) is 7.11 Å². The van der Waals surface area contributed by atoms with Crippen LogP contribution in [0.5, 0.6) is 0 Å². The minimum atomic E-state index is -2.46. The SMILES string of the molecule is COC(=C(C)C)[Si](c1ccccc1)(c1ccccc1)c1ccccc1. The first-order chi connectivity index (χ1) is 12.2. The van der Waals surface area contributed by atoms with Crippen LogP contribution < -0.4 is 15.6 Å². The Morgan fingerprint density at radius 3 is 1.16 bits per heavy atom. The van der Waals surface area contributed by atoms with Gasteiger partial charge in [0.2, 0.25) is 8.07 Å². The quantitative estimate of drug-likeness (QED) is 0.390. The molecule has 3 rings (SSSR count). The van der Waals surface area contributed by atoms with Gasteiger partial charge in [-0.1, -0.05) is 91.0 Å². The summed E-state index contributed by atoms with van der Waals surface area (Å²) in [5.41, 5.74) is 1.23. The number of methoxy groups -OCH3 is 1. The summed E-state index contributed by atoms with van der Waals surface area (Å²) in [6.45, 7) is 4.30. The van der Waals surface area contributed by atoms with E-state index in [4.69, 9.17) is 4.74 Å². The number of rotatable bonds is 5. The molecule has 0 unspecified atom stereocenters. The molecule has 25 heavy (non-hydrogen) atoms. The van der Waals surface area contributed by atoms with Crippen LogP contribution in [0.3, 0.4) is 0 Å². The molecule has 3 aromatic carbocycles. The second-order valence-electron chi connectivity index (χ2n) is 6.38. The molecular formula is C23H24OSi. The molecule has 0 heterocycles. The lowest BCUT2D eigenvalue weighted by Gasteiger charge is -2.35. The highest BCUT2D eigenvalue weighted by molar-refractivity contribution is 7.15. The molecule has 0 aliphatic rings. The van der Waals surface area contributed by atoms with Crippen LogP contribution >= 0.6 is 0 Å². The second-order valence-corrected chi connectivity index (χ2v) is 10.1. The Balaban J connectivity index is 2.47. The van der Waals surface area contributed by atoms with Crippen LogP contribution in [0.4, 0.5) is 0 Å². The van der Waals surface area contributed by atoms with Crippen molar-refractivity contribution in [3.63, 3.8) is 0 Å². The molecule has 3 aromatic rings. The van der Waals surface area contributed by atoms with E-state index in [0.29, 0.717) is 0 Å². The van der Waals surface area contributed by atoms with Crippen molar-refractivity contribution in [3.8, 4) is 0 Å². The van der Waals surface area contributed by atoms with E-state index in [1.54, 1.807) is 7.11 Å². The molecule has 0 saturated carbocycles. The standard InChI is InChI=1S/C23H24OSi/c1-19(2)23(24-3)25(20-13-7-4-8-14-20,21-15-9-5-10-16-21)22-17-11-6-12-18-22/h4-18H,1-3H3. The summed E-state index contributed by atoms with van der Waals surface area (Å²) in [5, 5.41) is 5.12. The van der Waals surface area contributed by atoms with Gasteiger partial charge in [-0.25, -0.2) is 0 Å². The van der Waals surface area contributed by atoms with Gasteiger partial charge in [-0.15, -0.1) is 0 Å². The number of hydrogen-bond donors (Lipinski definition) is 0. The minimum Gasteiger partial charge on any atom is -0.505 e. The molecule has 0 bridgehead atoms. The monoisotopic (exact) mass is 344 g/mol. The fourth-order valence-corrected chi connectivity index (χ4v) is 8.61. The number of ether oxygens (including phenoxy) is 1. The van der Waals surface area contributed by atoms with Crippen LogP contribution in [-0.2, 0) is 4.74 Å². The van der Waals surface area contributed by atoms with E-state index < -0.39 is 8.07 Å². The molecule has 0 amide bonds. The lowest BCUT2D eigenvalue weighted by atomic mass is 10.3. The smallest absolute Gasteiger partial charge is 0.222 e. The maximum absolute atomic E-state index is 6.08. The Morgan fingerprint density at radius 2 is 0.920 bits per heavy atom. The molecule has 2 heteroatoms. The minimum absolute atomic E-state index is 1.11. The topological polar surface area (TPSA) is 9.23 Å². The number of hydrogen-bond acceptors (Lipinski definition) is 1. The predicted octanol–water partition coefficient (Wildman–Crippen LogP) is 3.64. The van der Waals surface area contributed by atoms with Crippen LogP contribution in [-0.4, -0.2) is 15.2 Å². The van der Waals surface area contributed by atoms with E-state index in [0.717, 1.165) is 5.38 Å². The zero-order valence-corrected chi connectivity index (χ0v) is 16.1. The Labute approximate surface area is 151 Å². The van der Waals surface area contributed by atoms with Crippen molar-refractivity contribution in [2.45, 2.75) is 13.8 Å². The molecule has 126 valence electrons. The average Bonchev–Trinajstić information content (AvgIpc) is 2.68. The lowest BCUT2D eigenvalue weighted by Crippen LogP contribution is -2.69. The lowest BCUT2D eigenvalue weighted by molar-refractivity contribution is 0.313. The molecule has 0 saturated heterocycles. The molecule has 0 radical (unpaired) electrons. The van der Waals surface area contributed by atoms with E-state index >= 15 is 0 Å². The average molecular weight is 345 g/mol. The van der Waals surface area contributed by atoms with Crippen molar-refractivity contribution in [1.82, 2.24) is 0 Å². The summed E-state index contributed by atoms with van der Waals surface area (Å²) < 4.78 is 6.08. The number of benzene rings is 3. The maximum atomic E-state index is 6.08. The molecular weight excluding hydrogens is 320 g/mol. The van der Waals surface area contributed by atoms with Gasteiger partial charge in [-0.2, -0.15) is 0 Å². The molecule has 0 atom stereocenters. The molecule has 0 aliphatic carbocycles. The van der Waals surface area contributed by atoms with Gasteiger partial charge >= 0.3 is 0 Å². The molecule has 0 aromatic heterocycles. The predicted molar refractivity (Wildman–Crippen MR) is 109 cm³/mol. The summed E-state index contributed by atoms with van der Waals surface area (Å²) in [7, 11) is -0.654. The van der Waals surface area contributed by atoms with Crippen molar-refractivity contribution in [1.29, 1.82) is 0 Å². The van der Waals surface area contributed by atoms with E-state index in [2.05, 4.69) is 105 Å². The van der Waals surface area contributed by atoms with Crippen molar-refractivity contribution < 1.29 is 4.74 Å². The van der Waals surface area contributed by atoms with E-state index in [-0.39, 0.29) is 0 Å². The zero-order chi connectivity index (χ0) is 17.7. The Bertz CT molecular complexity index is 738. The highest BCUT2D eigenvalue weighted by atomic mass is 28.3. The Morgan fingerprint density at radius 1 is 0.600 bits per heavy atom. The first kappa shape index (κ1) is 17.2. The third-order valence-corrected chi connectivity index (χ3v) is 9.60. The van der Waals surface area contributed by atoms with Gasteiger partial charge < -0.3 is 4.74 Å². The first-order valence-corrected chi connectivity index (χ1v) is 10.6. The molecule has 0 N–H and O–H groups in total. The first-order valence-electron chi connectivity index (χ1n) is 8.59. The summed E-state index contributed by atoms with van der Waals surface area (Å²) in [4.78, 5) is 0. The molecule has 0 spiro atoms. The molecule has 0 aliphatic heterocycles. The Hall–Kier alpha value is -2.58. The fourth-order valence-electron chi connectivity index (χ4n) is 3.69. The summed E-state index contributed by atoms with van der Waals surface area (Å²) in [5.74, 6) is 0. The third kappa shape index (κ3) is 3.05. The zero-order valence-electron chi connectivity index (χ0n) is 15.1. The van der Waals surface area contributed by atoms with Crippen molar-refractivity contribution in [2.24, 2.45) is 0 Å². The van der Waals surface area contributed by atoms with Gasteiger partial charge in [0.05, 0.1) is 12.5 Å². The largest absolute Gasteiger partial charge is 0.505 e. The van der Waals surface area contributed by atoms with Crippen molar-refractivity contribution >= 4 is 23.6 Å². The van der Waals surface area contributed by atoms with E-state index in [1.165, 1.54) is 21.1 Å². The van der Waals surface area contributed by atoms with Crippen molar-refractivity contribution in [3.05, 3.63) is 102 Å². The van der Waals surface area contributed by atoms with Gasteiger partial charge in [-0.3, -0.25) is 0 Å². The van der Waals surface area contributed by atoms with E-state index in [1.807, 2.05) is 0 Å². The normalized spacial score (nSPS) is 11.0. The third-order valence-electron chi connectivity index (χ3n) is 4.62. The Kier molecular flexibility index (Phi) is 5.20. The van der Waals surface area contributed by atoms with Crippen LogP contribution in [0, 0.1) is 0 Å². The van der Waals surface area contributed by atoms with E-state index in [9.17, 15) is 0 Å².